The van der Waals surface area contributed by atoms with Crippen LogP contribution in [-0.2, 0) is 14.3 Å². The minimum absolute atomic E-state index is 0.0262. The summed E-state index contributed by atoms with van der Waals surface area (Å²) < 4.78 is 5.47. The van der Waals surface area contributed by atoms with Crippen molar-refractivity contribution in [3.63, 3.8) is 0 Å². The molecule has 1 rings (SSSR count). The van der Waals surface area contributed by atoms with Gasteiger partial charge in [-0.15, -0.1) is 0 Å². The van der Waals surface area contributed by atoms with Crippen LogP contribution in [0.3, 0.4) is 0 Å². The van der Waals surface area contributed by atoms with Gasteiger partial charge in [-0.05, 0) is 20.8 Å². The van der Waals surface area contributed by atoms with Gasteiger partial charge in [0.1, 0.15) is 6.61 Å². The Bertz CT molecular complexity index is 360. The second-order valence-electron chi connectivity index (χ2n) is 7.53. The summed E-state index contributed by atoms with van der Waals surface area (Å²) in [5, 5.41) is 2.93. The molecule has 1 heterocycles. The van der Waals surface area contributed by atoms with E-state index < -0.39 is 0 Å². The summed E-state index contributed by atoms with van der Waals surface area (Å²) >= 11 is 0. The lowest BCUT2D eigenvalue weighted by atomic mass is 9.94. The molecule has 1 aliphatic rings. The zero-order chi connectivity index (χ0) is 15.6. The van der Waals surface area contributed by atoms with Gasteiger partial charge in [-0.3, -0.25) is 9.59 Å². The summed E-state index contributed by atoms with van der Waals surface area (Å²) in [5.74, 6) is 0.441. The average Bonchev–Trinajstić information content (AvgIpc) is 2.21. The predicted octanol–water partition coefficient (Wildman–Crippen LogP) is 1.42. The van der Waals surface area contributed by atoms with Crippen LogP contribution in [0.4, 0.5) is 0 Å². The van der Waals surface area contributed by atoms with Crippen LogP contribution in [0.15, 0.2) is 0 Å². The largest absolute Gasteiger partial charge is 0.366 e. The van der Waals surface area contributed by atoms with Crippen molar-refractivity contribution < 1.29 is 14.3 Å². The third-order valence-corrected chi connectivity index (χ3v) is 3.17. The van der Waals surface area contributed by atoms with Crippen LogP contribution < -0.4 is 5.32 Å². The summed E-state index contributed by atoms with van der Waals surface area (Å²) in [6.07, 6.45) is 0. The first kappa shape index (κ1) is 17.0. The molecule has 1 fully saturated rings. The van der Waals surface area contributed by atoms with Crippen LogP contribution in [0.1, 0.15) is 41.5 Å². The zero-order valence-corrected chi connectivity index (χ0v) is 13.6. The van der Waals surface area contributed by atoms with Crippen molar-refractivity contribution in [1.29, 1.82) is 0 Å². The molecule has 0 radical (unpaired) electrons. The smallest absolute Gasteiger partial charge is 0.248 e. The summed E-state index contributed by atoms with van der Waals surface area (Å²) in [6.45, 7) is 13.6. The first-order valence-electron chi connectivity index (χ1n) is 7.19. The monoisotopic (exact) mass is 284 g/mol. The van der Waals surface area contributed by atoms with E-state index in [1.165, 1.54) is 0 Å². The van der Waals surface area contributed by atoms with E-state index in [-0.39, 0.29) is 29.4 Å². The molecule has 0 bridgehead atoms. The SMILES string of the molecule is CC(C)(C)OCC(=O)N1CC(CNC(=O)C(C)(C)C)C1. The standard InChI is InChI=1S/C15H28N2O3/c1-14(2,3)13(19)16-7-11-8-17(9-11)12(18)10-20-15(4,5)6/h11H,7-10H2,1-6H3,(H,16,19). The third-order valence-electron chi connectivity index (χ3n) is 3.17. The number of ether oxygens (including phenoxy) is 1. The van der Waals surface area contributed by atoms with Crippen LogP contribution in [0.2, 0.25) is 0 Å². The van der Waals surface area contributed by atoms with Crippen LogP contribution >= 0.6 is 0 Å². The van der Waals surface area contributed by atoms with Gasteiger partial charge in [0.05, 0.1) is 5.60 Å². The van der Waals surface area contributed by atoms with E-state index >= 15 is 0 Å². The number of hydrogen-bond donors (Lipinski definition) is 1. The Hall–Kier alpha value is -1.10. The second-order valence-corrected chi connectivity index (χ2v) is 7.53. The molecule has 0 unspecified atom stereocenters. The van der Waals surface area contributed by atoms with Crippen molar-refractivity contribution in [1.82, 2.24) is 10.2 Å². The highest BCUT2D eigenvalue weighted by molar-refractivity contribution is 5.81. The van der Waals surface area contributed by atoms with Crippen molar-refractivity contribution in [2.75, 3.05) is 26.2 Å². The lowest BCUT2D eigenvalue weighted by Gasteiger charge is -2.40. The summed E-state index contributed by atoms with van der Waals surface area (Å²) in [4.78, 5) is 25.3. The van der Waals surface area contributed by atoms with Gasteiger partial charge in [0.25, 0.3) is 0 Å². The van der Waals surface area contributed by atoms with Gasteiger partial charge >= 0.3 is 0 Å². The maximum Gasteiger partial charge on any atom is 0.248 e. The topological polar surface area (TPSA) is 58.6 Å². The molecule has 1 aliphatic heterocycles. The Kier molecular flexibility index (Phi) is 5.19. The van der Waals surface area contributed by atoms with Crippen LogP contribution in [-0.4, -0.2) is 48.6 Å². The normalized spacial score (nSPS) is 16.8. The molecular weight excluding hydrogens is 256 g/mol. The molecule has 0 aliphatic carbocycles. The van der Waals surface area contributed by atoms with E-state index in [1.54, 1.807) is 4.90 Å². The molecule has 0 atom stereocenters. The molecule has 5 nitrogen and oxygen atoms in total. The Labute approximate surface area is 122 Å². The fourth-order valence-corrected chi connectivity index (χ4v) is 1.77. The lowest BCUT2D eigenvalue weighted by Crippen LogP contribution is -2.55. The maximum absolute atomic E-state index is 11.8. The van der Waals surface area contributed by atoms with E-state index in [0.717, 1.165) is 0 Å². The number of hydrogen-bond acceptors (Lipinski definition) is 3. The number of nitrogens with zero attached hydrogens (tertiary/aromatic N) is 1. The van der Waals surface area contributed by atoms with Gasteiger partial charge in [-0.25, -0.2) is 0 Å². The van der Waals surface area contributed by atoms with E-state index in [0.29, 0.717) is 25.6 Å². The number of rotatable bonds is 4. The Morgan fingerprint density at radius 1 is 1.15 bits per heavy atom. The van der Waals surface area contributed by atoms with Gasteiger partial charge in [-0.2, -0.15) is 0 Å². The quantitative estimate of drug-likeness (QED) is 0.849. The van der Waals surface area contributed by atoms with Crippen molar-refractivity contribution in [3.05, 3.63) is 0 Å². The molecule has 0 aromatic rings. The van der Waals surface area contributed by atoms with Gasteiger partial charge < -0.3 is 15.0 Å². The molecule has 1 N–H and O–H groups in total. The Morgan fingerprint density at radius 2 is 1.70 bits per heavy atom. The van der Waals surface area contributed by atoms with Crippen LogP contribution in [0.5, 0.6) is 0 Å². The van der Waals surface area contributed by atoms with E-state index in [2.05, 4.69) is 5.32 Å². The third kappa shape index (κ3) is 5.49. The minimum Gasteiger partial charge on any atom is -0.366 e. The van der Waals surface area contributed by atoms with Crippen LogP contribution in [0.25, 0.3) is 0 Å². The number of amides is 2. The second kappa shape index (κ2) is 6.12. The van der Waals surface area contributed by atoms with Crippen molar-refractivity contribution in [2.24, 2.45) is 11.3 Å². The fraction of sp³-hybridized carbons (Fsp3) is 0.867. The predicted molar refractivity (Wildman–Crippen MR) is 78.2 cm³/mol. The van der Waals surface area contributed by atoms with Gasteiger partial charge in [-0.1, -0.05) is 20.8 Å². The lowest BCUT2D eigenvalue weighted by molar-refractivity contribution is -0.147. The molecular formula is C15H28N2O3. The number of carbonyl (C=O) groups excluding carboxylic acids is 2. The highest BCUT2D eigenvalue weighted by Crippen LogP contribution is 2.17. The molecule has 116 valence electrons. The minimum atomic E-state index is -0.361. The molecule has 0 aromatic heterocycles. The van der Waals surface area contributed by atoms with Gasteiger partial charge in [0.2, 0.25) is 11.8 Å². The van der Waals surface area contributed by atoms with Crippen molar-refractivity contribution in [2.45, 2.75) is 47.1 Å². The molecule has 0 spiro atoms. The molecule has 0 saturated carbocycles. The van der Waals surface area contributed by atoms with Crippen molar-refractivity contribution >= 4 is 11.8 Å². The fourth-order valence-electron chi connectivity index (χ4n) is 1.77. The number of nitrogens with one attached hydrogen (secondary N) is 1. The number of carbonyl (C=O) groups is 2. The Morgan fingerprint density at radius 3 is 2.15 bits per heavy atom. The van der Waals surface area contributed by atoms with E-state index in [1.807, 2.05) is 41.5 Å². The number of likely N-dealkylation sites (tertiary alicyclic amines) is 1. The van der Waals surface area contributed by atoms with E-state index in [9.17, 15) is 9.59 Å². The first-order chi connectivity index (χ1) is 8.99. The average molecular weight is 284 g/mol. The maximum atomic E-state index is 11.8. The van der Waals surface area contributed by atoms with Crippen LogP contribution in [0, 0.1) is 11.3 Å². The molecule has 2 amide bonds. The van der Waals surface area contributed by atoms with Gasteiger partial charge in [0.15, 0.2) is 0 Å². The highest BCUT2D eigenvalue weighted by atomic mass is 16.5. The molecule has 1 saturated heterocycles. The van der Waals surface area contributed by atoms with E-state index in [4.69, 9.17) is 4.74 Å². The highest BCUT2D eigenvalue weighted by Gasteiger charge is 2.32. The zero-order valence-electron chi connectivity index (χ0n) is 13.6. The molecule has 5 heteroatoms. The molecule has 0 aromatic carbocycles. The summed E-state index contributed by atoms with van der Waals surface area (Å²) in [6, 6.07) is 0. The first-order valence-corrected chi connectivity index (χ1v) is 7.19. The molecule has 20 heavy (non-hydrogen) atoms. The summed E-state index contributed by atoms with van der Waals surface area (Å²) in [7, 11) is 0. The van der Waals surface area contributed by atoms with Crippen molar-refractivity contribution in [3.8, 4) is 0 Å². The van der Waals surface area contributed by atoms with Gasteiger partial charge in [0, 0.05) is 31.0 Å². The Balaban J connectivity index is 2.20. The summed E-state index contributed by atoms with van der Waals surface area (Å²) in [5.41, 5.74) is -0.652.